The monoisotopic (exact) mass is 554 g/mol. The third kappa shape index (κ3) is 6.11. The van der Waals surface area contributed by atoms with Crippen molar-refractivity contribution in [3.63, 3.8) is 0 Å². The number of carbonyl (C=O) groups is 1. The van der Waals surface area contributed by atoms with E-state index in [1.165, 1.54) is 14.2 Å². The zero-order valence-corrected chi connectivity index (χ0v) is 22.6. The van der Waals surface area contributed by atoms with Crippen LogP contribution in [0.1, 0.15) is 42.7 Å². The van der Waals surface area contributed by atoms with E-state index in [-0.39, 0.29) is 17.4 Å². The van der Waals surface area contributed by atoms with Crippen molar-refractivity contribution in [3.8, 4) is 22.8 Å². The van der Waals surface area contributed by atoms with Crippen LogP contribution in [-0.2, 0) is 17.8 Å². The third-order valence-corrected chi connectivity index (χ3v) is 7.66. The Hall–Kier alpha value is -3.95. The third-order valence-electron chi connectivity index (χ3n) is 7.66. The number of methoxy groups -OCH3 is 2. The summed E-state index contributed by atoms with van der Waals surface area (Å²) in [6.07, 6.45) is 2.72. The number of piperidine rings is 1. The summed E-state index contributed by atoms with van der Waals surface area (Å²) in [5, 5.41) is 0.567. The Labute approximate surface area is 230 Å². The largest absolute Gasteiger partial charge is 0.493 e. The number of rotatable bonds is 9. The van der Waals surface area contributed by atoms with Crippen molar-refractivity contribution in [3.05, 3.63) is 66.2 Å². The predicted molar refractivity (Wildman–Crippen MR) is 147 cm³/mol. The number of aromatic nitrogens is 3. The number of nitrogens with one attached hydrogen (secondary N) is 1. The smallest absolute Gasteiger partial charge is 0.393 e. The number of imidazole rings is 1. The molecular formula is C30H33F3N4O3. The summed E-state index contributed by atoms with van der Waals surface area (Å²) >= 11 is 0. The minimum Gasteiger partial charge on any atom is -0.493 e. The highest BCUT2D eigenvalue weighted by atomic mass is 19.4. The molecule has 7 nitrogen and oxygen atoms in total. The first-order chi connectivity index (χ1) is 19.3. The quantitative estimate of drug-likeness (QED) is 0.262. The maximum Gasteiger partial charge on any atom is 0.393 e. The van der Waals surface area contributed by atoms with E-state index in [0.717, 1.165) is 31.4 Å². The average Bonchev–Trinajstić information content (AvgIpc) is 3.59. The Morgan fingerprint density at radius 1 is 1.07 bits per heavy atom. The number of carbonyl (C=O) groups excluding carboxylic acids is 1. The van der Waals surface area contributed by atoms with Crippen molar-refractivity contribution in [1.82, 2.24) is 19.4 Å². The van der Waals surface area contributed by atoms with Crippen molar-refractivity contribution in [2.75, 3.05) is 27.3 Å². The molecule has 1 saturated heterocycles. The van der Waals surface area contributed by atoms with E-state index in [9.17, 15) is 18.0 Å². The molecule has 0 unspecified atom stereocenters. The van der Waals surface area contributed by atoms with Crippen LogP contribution in [0.3, 0.4) is 0 Å². The Morgan fingerprint density at radius 2 is 1.85 bits per heavy atom. The van der Waals surface area contributed by atoms with Gasteiger partial charge in [-0.3, -0.25) is 4.79 Å². The Kier molecular flexibility index (Phi) is 8.04. The lowest BCUT2D eigenvalue weighted by atomic mass is 9.88. The molecule has 1 aliphatic heterocycles. The van der Waals surface area contributed by atoms with Gasteiger partial charge in [0, 0.05) is 54.9 Å². The van der Waals surface area contributed by atoms with Crippen molar-refractivity contribution in [1.29, 1.82) is 0 Å². The van der Waals surface area contributed by atoms with Gasteiger partial charge in [-0.2, -0.15) is 13.2 Å². The zero-order valence-electron chi connectivity index (χ0n) is 22.6. The first kappa shape index (κ1) is 27.6. The molecule has 5 rings (SSSR count). The lowest BCUT2D eigenvalue weighted by molar-refractivity contribution is -0.132. The van der Waals surface area contributed by atoms with E-state index in [1.807, 2.05) is 33.9 Å². The summed E-state index contributed by atoms with van der Waals surface area (Å²) in [5.74, 6) is 1.27. The maximum atomic E-state index is 13.7. The molecule has 0 bridgehead atoms. The van der Waals surface area contributed by atoms with Crippen LogP contribution in [0.2, 0.25) is 0 Å². The van der Waals surface area contributed by atoms with Crippen molar-refractivity contribution in [2.24, 2.45) is 0 Å². The Bertz CT molecular complexity index is 1460. The minimum absolute atomic E-state index is 0.145. The van der Waals surface area contributed by atoms with Gasteiger partial charge < -0.3 is 23.9 Å². The number of likely N-dealkylation sites (tertiary alicyclic amines) is 1. The number of nitrogens with zero attached hydrogens (tertiary/aromatic N) is 3. The van der Waals surface area contributed by atoms with Crippen molar-refractivity contribution in [2.45, 2.75) is 50.7 Å². The van der Waals surface area contributed by atoms with Crippen LogP contribution < -0.4 is 9.47 Å². The molecule has 40 heavy (non-hydrogen) atoms. The molecule has 1 amide bonds. The van der Waals surface area contributed by atoms with Gasteiger partial charge in [-0.25, -0.2) is 4.98 Å². The molecule has 2 aromatic heterocycles. The number of hydrogen-bond donors (Lipinski definition) is 1. The van der Waals surface area contributed by atoms with Crippen molar-refractivity contribution < 1.29 is 27.4 Å². The second kappa shape index (κ2) is 11.7. The van der Waals surface area contributed by atoms with Crippen LogP contribution in [0.5, 0.6) is 11.5 Å². The van der Waals surface area contributed by atoms with Gasteiger partial charge in [0.2, 0.25) is 5.91 Å². The number of aromatic amines is 1. The number of benzene rings is 2. The number of H-pyrrole nitrogens is 1. The minimum atomic E-state index is -4.38. The molecule has 0 aliphatic carbocycles. The number of aryl methyl sites for hydroxylation is 1. The standard InChI is InChI=1S/C30H33F3N4O3/c1-39-26-8-6-22(17-27(26)40-2)29-24(18-30(31,32)33)23-16-21(5-7-25(23)35-29)20-9-13-37(14-10-20)28(38)4-3-12-36-15-11-34-19-36/h5-8,11,15-17,19-20,35H,3-4,9-10,12-14,18H2,1-2H3. The molecule has 1 N–H and O–H groups in total. The molecule has 0 saturated carbocycles. The molecule has 1 fully saturated rings. The fraction of sp³-hybridized carbons (Fsp3) is 0.400. The van der Waals surface area contributed by atoms with Crippen LogP contribution in [0.25, 0.3) is 22.2 Å². The van der Waals surface area contributed by atoms with E-state index in [1.54, 1.807) is 30.7 Å². The number of ether oxygens (including phenoxy) is 2. The Morgan fingerprint density at radius 3 is 2.52 bits per heavy atom. The van der Waals surface area contributed by atoms with Crippen LogP contribution in [0.15, 0.2) is 55.1 Å². The van der Waals surface area contributed by atoms with Gasteiger partial charge in [0.1, 0.15) is 0 Å². The zero-order chi connectivity index (χ0) is 28.3. The highest BCUT2D eigenvalue weighted by Crippen LogP contribution is 2.40. The number of alkyl halides is 3. The number of amides is 1. The predicted octanol–water partition coefficient (Wildman–Crippen LogP) is 6.34. The van der Waals surface area contributed by atoms with Crippen LogP contribution in [0, 0.1) is 0 Å². The second-order valence-corrected chi connectivity index (χ2v) is 10.2. The van der Waals surface area contributed by atoms with Gasteiger partial charge in [0.15, 0.2) is 11.5 Å². The molecule has 10 heteroatoms. The first-order valence-corrected chi connectivity index (χ1v) is 13.4. The van der Waals surface area contributed by atoms with Crippen LogP contribution >= 0.6 is 0 Å². The summed E-state index contributed by atoms with van der Waals surface area (Å²) in [6, 6.07) is 10.9. The van der Waals surface area contributed by atoms with Gasteiger partial charge in [-0.15, -0.1) is 0 Å². The highest BCUT2D eigenvalue weighted by molar-refractivity contribution is 5.92. The van der Waals surface area contributed by atoms with Gasteiger partial charge in [0.25, 0.3) is 0 Å². The van der Waals surface area contributed by atoms with E-state index < -0.39 is 12.6 Å². The van der Waals surface area contributed by atoms with E-state index >= 15 is 0 Å². The summed E-state index contributed by atoms with van der Waals surface area (Å²) in [6.45, 7) is 2.04. The average molecular weight is 555 g/mol. The second-order valence-electron chi connectivity index (χ2n) is 10.2. The fourth-order valence-electron chi connectivity index (χ4n) is 5.59. The summed E-state index contributed by atoms with van der Waals surface area (Å²) in [5.41, 5.74) is 2.87. The lowest BCUT2D eigenvalue weighted by Gasteiger charge is -2.32. The molecular weight excluding hydrogens is 521 g/mol. The molecule has 0 atom stereocenters. The molecule has 4 aromatic rings. The summed E-state index contributed by atoms with van der Waals surface area (Å²) in [4.78, 5) is 21.9. The van der Waals surface area contributed by atoms with Gasteiger partial charge in [-0.1, -0.05) is 6.07 Å². The van der Waals surface area contributed by atoms with Crippen molar-refractivity contribution >= 4 is 16.8 Å². The fourth-order valence-corrected chi connectivity index (χ4v) is 5.59. The molecule has 2 aromatic carbocycles. The summed E-state index contributed by atoms with van der Waals surface area (Å²) < 4.78 is 53.9. The molecule has 0 radical (unpaired) electrons. The van der Waals surface area contributed by atoms with E-state index in [4.69, 9.17) is 9.47 Å². The van der Waals surface area contributed by atoms with Gasteiger partial charge in [0.05, 0.1) is 32.7 Å². The van der Waals surface area contributed by atoms with E-state index in [2.05, 4.69) is 9.97 Å². The molecule has 212 valence electrons. The maximum absolute atomic E-state index is 13.7. The number of fused-ring (bicyclic) bond motifs is 1. The molecule has 3 heterocycles. The Balaban J connectivity index is 1.34. The summed E-state index contributed by atoms with van der Waals surface area (Å²) in [7, 11) is 3.01. The lowest BCUT2D eigenvalue weighted by Crippen LogP contribution is -2.37. The van der Waals surface area contributed by atoms with Crippen LogP contribution in [-0.4, -0.2) is 58.8 Å². The number of hydrogen-bond acceptors (Lipinski definition) is 4. The van der Waals surface area contributed by atoms with Gasteiger partial charge in [-0.05, 0) is 66.6 Å². The molecule has 1 aliphatic rings. The molecule has 0 spiro atoms. The normalized spacial score (nSPS) is 14.6. The highest BCUT2D eigenvalue weighted by Gasteiger charge is 2.32. The topological polar surface area (TPSA) is 72.4 Å². The van der Waals surface area contributed by atoms with Crippen LogP contribution in [0.4, 0.5) is 13.2 Å². The van der Waals surface area contributed by atoms with Gasteiger partial charge >= 0.3 is 6.18 Å². The first-order valence-electron chi connectivity index (χ1n) is 13.4. The SMILES string of the molecule is COc1ccc(-c2[nH]c3ccc(C4CCN(C(=O)CCCn5ccnc5)CC4)cc3c2CC(F)(F)F)cc1OC. The van der Waals surface area contributed by atoms with E-state index in [0.29, 0.717) is 53.2 Å². The number of halogens is 3.